The third-order valence-corrected chi connectivity index (χ3v) is 14.7. The number of carbonyl (C=O) groups is 3. The second-order valence-corrected chi connectivity index (χ2v) is 17.7. The van der Waals surface area contributed by atoms with Crippen molar-refractivity contribution in [2.75, 3.05) is 8.19 Å². The summed E-state index contributed by atoms with van der Waals surface area (Å²) in [5.74, 6) is 1.17. The van der Waals surface area contributed by atoms with Crippen molar-refractivity contribution in [3.8, 4) is 0 Å². The fourth-order valence-electron chi connectivity index (χ4n) is 9.60. The number of ketones is 3. The molecular formula is C31H46IO4S-. The molecule has 9 atom stereocenters. The van der Waals surface area contributed by atoms with Crippen molar-refractivity contribution in [2.24, 2.45) is 45.3 Å². The van der Waals surface area contributed by atoms with Crippen molar-refractivity contribution < 1.29 is 40.7 Å². The van der Waals surface area contributed by atoms with Crippen molar-refractivity contribution in [3.05, 3.63) is 18.4 Å². The number of allylic oxidation sites excluding steroid dienone is 1. The molecular weight excluding hydrogens is 595 g/mol. The van der Waals surface area contributed by atoms with Crippen LogP contribution >= 0.6 is 12.6 Å². The van der Waals surface area contributed by atoms with Gasteiger partial charge in [0.25, 0.3) is 0 Å². The first-order valence-electron chi connectivity index (χ1n) is 14.2. The average molecular weight is 642 g/mol. The molecule has 1 N–H and O–H groups in total. The number of aliphatic hydroxyl groups is 1. The number of hydrogen-bond donors (Lipinski definition) is 2. The standard InChI is InChI=1S/C31H46IO4S/c1-6-13-31-18-26(36)30(5)23(20(2)7-8-21(33)12-15-32-19-37)9-10-24(30)27(31)25(35)17-28(3)16-22(34)11-14-29(28,31)4/h13,20,22-24,27,34,37H,1,7-12,14-19H2,2-5H3/q-1/t20?,22?,23-,24?,27-,28+,29+,30-,31?/m1/s1. The third-order valence-electron chi connectivity index (χ3n) is 11.8. The molecule has 4 rings (SSSR count). The van der Waals surface area contributed by atoms with Crippen molar-refractivity contribution in [1.29, 1.82) is 0 Å². The average Bonchev–Trinajstić information content (AvgIpc) is 3.18. The van der Waals surface area contributed by atoms with Crippen LogP contribution in [0.4, 0.5) is 0 Å². The molecule has 0 heterocycles. The predicted octanol–water partition coefficient (Wildman–Crippen LogP) is 2.82. The van der Waals surface area contributed by atoms with Crippen LogP contribution in [0.25, 0.3) is 0 Å². The van der Waals surface area contributed by atoms with Gasteiger partial charge in [-0.15, -0.1) is 5.73 Å². The Hall–Kier alpha value is -0.430. The van der Waals surface area contributed by atoms with Gasteiger partial charge in [0.2, 0.25) is 0 Å². The van der Waals surface area contributed by atoms with E-state index in [0.717, 1.165) is 33.9 Å². The summed E-state index contributed by atoms with van der Waals surface area (Å²) in [6.45, 7) is 12.7. The van der Waals surface area contributed by atoms with Crippen molar-refractivity contribution in [1.82, 2.24) is 0 Å². The van der Waals surface area contributed by atoms with Crippen LogP contribution in [0.5, 0.6) is 0 Å². The molecule has 4 saturated carbocycles. The monoisotopic (exact) mass is 641 g/mol. The first kappa shape index (κ1) is 29.6. The molecule has 4 aliphatic rings. The van der Waals surface area contributed by atoms with Crippen LogP contribution in [0, 0.1) is 45.3 Å². The Morgan fingerprint density at radius 3 is 2.62 bits per heavy atom. The summed E-state index contributed by atoms with van der Waals surface area (Å²) in [6.07, 6.45) is 8.47. The van der Waals surface area contributed by atoms with Gasteiger partial charge in [-0.1, -0.05) is 20.4 Å². The molecule has 0 aromatic carbocycles. The van der Waals surface area contributed by atoms with Gasteiger partial charge in [-0.25, -0.2) is 0 Å². The molecule has 0 aliphatic heterocycles. The maximum atomic E-state index is 14.4. The first-order chi connectivity index (χ1) is 17.4. The molecule has 0 aromatic heterocycles. The summed E-state index contributed by atoms with van der Waals surface area (Å²) in [7, 11) is 0. The van der Waals surface area contributed by atoms with Crippen LogP contribution in [0.15, 0.2) is 18.4 Å². The van der Waals surface area contributed by atoms with E-state index < -0.39 is 16.9 Å². The van der Waals surface area contributed by atoms with Gasteiger partial charge in [0, 0.05) is 0 Å². The topological polar surface area (TPSA) is 71.4 Å². The van der Waals surface area contributed by atoms with Gasteiger partial charge in [0.05, 0.1) is 6.10 Å². The zero-order valence-electron chi connectivity index (χ0n) is 23.2. The summed E-state index contributed by atoms with van der Waals surface area (Å²) >= 11 is 4.32. The van der Waals surface area contributed by atoms with Crippen molar-refractivity contribution >= 4 is 30.0 Å². The number of alkyl halides is 2. The van der Waals surface area contributed by atoms with E-state index in [2.05, 4.69) is 52.6 Å². The summed E-state index contributed by atoms with van der Waals surface area (Å²) < 4.78 is 1.93. The van der Waals surface area contributed by atoms with Gasteiger partial charge in [-0.2, -0.15) is 0 Å². The van der Waals surface area contributed by atoms with Gasteiger partial charge in [0.1, 0.15) is 0 Å². The molecule has 0 saturated heterocycles. The van der Waals surface area contributed by atoms with E-state index >= 15 is 0 Å². The van der Waals surface area contributed by atoms with E-state index in [-0.39, 0.29) is 67.3 Å². The van der Waals surface area contributed by atoms with Crippen molar-refractivity contribution in [2.45, 2.75) is 98.0 Å². The van der Waals surface area contributed by atoms with Crippen LogP contribution in [0.1, 0.15) is 91.9 Å². The van der Waals surface area contributed by atoms with Crippen LogP contribution in [0.2, 0.25) is 0 Å². The quantitative estimate of drug-likeness (QED) is 0.134. The molecule has 4 aliphatic carbocycles. The number of Topliss-reactive ketones (excluding diaryl/α,β-unsaturated/α-hetero) is 3. The number of fused-ring (bicyclic) bond motifs is 5. The molecule has 4 fully saturated rings. The Kier molecular flexibility index (Phi) is 8.67. The van der Waals surface area contributed by atoms with Crippen molar-refractivity contribution in [3.63, 3.8) is 0 Å². The fourth-order valence-corrected chi connectivity index (χ4v) is 11.7. The molecule has 0 bridgehead atoms. The minimum Gasteiger partial charge on any atom is -0.393 e. The number of halogens is 1. The normalized spacial score (nSPS) is 43.9. The second kappa shape index (κ2) is 10.9. The van der Waals surface area contributed by atoms with E-state index in [1.54, 1.807) is 0 Å². The molecule has 208 valence electrons. The number of aliphatic hydroxyl groups excluding tert-OH is 1. The molecule has 6 heteroatoms. The number of thiol groups is 1. The second-order valence-electron chi connectivity index (χ2n) is 13.3. The summed E-state index contributed by atoms with van der Waals surface area (Å²) in [5, 5.41) is 10.6. The zero-order chi connectivity index (χ0) is 27.2. The minimum atomic E-state index is -0.593. The Morgan fingerprint density at radius 1 is 1.22 bits per heavy atom. The van der Waals surface area contributed by atoms with E-state index in [1.165, 1.54) is 0 Å². The molecule has 37 heavy (non-hydrogen) atoms. The molecule has 0 amide bonds. The Morgan fingerprint density at radius 2 is 1.95 bits per heavy atom. The van der Waals surface area contributed by atoms with E-state index in [0.29, 0.717) is 44.3 Å². The van der Waals surface area contributed by atoms with Crippen LogP contribution in [-0.2, 0) is 14.4 Å². The Balaban J connectivity index is 1.64. The van der Waals surface area contributed by atoms with E-state index in [4.69, 9.17) is 0 Å². The third kappa shape index (κ3) is 4.58. The van der Waals surface area contributed by atoms with Crippen LogP contribution < -0.4 is 21.2 Å². The number of rotatable bonds is 9. The van der Waals surface area contributed by atoms with Gasteiger partial charge < -0.3 is 5.11 Å². The summed E-state index contributed by atoms with van der Waals surface area (Å²) in [6, 6.07) is 0. The zero-order valence-corrected chi connectivity index (χ0v) is 26.2. The van der Waals surface area contributed by atoms with Crippen LogP contribution in [-0.4, -0.2) is 36.7 Å². The van der Waals surface area contributed by atoms with E-state index in [9.17, 15) is 19.5 Å². The molecule has 0 radical (unpaired) electrons. The smallest absolute Gasteiger partial charge is 0.393 e. The minimum absolute atomic E-state index is 0.0161. The Bertz CT molecular complexity index is 990. The number of hydrogen-bond acceptors (Lipinski definition) is 5. The van der Waals surface area contributed by atoms with E-state index in [1.807, 2.05) is 6.08 Å². The molecule has 0 spiro atoms. The van der Waals surface area contributed by atoms with Gasteiger partial charge in [-0.05, 0) is 24.7 Å². The Labute approximate surface area is 239 Å². The predicted molar refractivity (Wildman–Crippen MR) is 146 cm³/mol. The van der Waals surface area contributed by atoms with Gasteiger partial charge in [-0.3, -0.25) is 0 Å². The van der Waals surface area contributed by atoms with Gasteiger partial charge in [0.15, 0.2) is 0 Å². The molecule has 4 unspecified atom stereocenters. The molecule has 0 aromatic rings. The summed E-state index contributed by atoms with van der Waals surface area (Å²) in [4.78, 5) is 40.9. The SMILES string of the molecule is C=C=CC12CC(=O)[C@@]3(C)C(CC[C@@H]3C(C)CCC(=O)CC[I-]CS)[C@@H]1C(=O)C[C@]1(C)CC(O)CC[C@]21C. The first-order valence-corrected chi connectivity index (χ1v) is 17.9. The maximum absolute atomic E-state index is 14.4. The summed E-state index contributed by atoms with van der Waals surface area (Å²) in [5.41, 5.74) is 1.31. The fraction of sp³-hybridized carbons (Fsp3) is 0.806. The van der Waals surface area contributed by atoms with Crippen LogP contribution in [0.3, 0.4) is 0 Å². The molecule has 4 nitrogen and oxygen atoms in total. The van der Waals surface area contributed by atoms with Gasteiger partial charge >= 0.3 is 179 Å². The number of carbonyl (C=O) groups excluding carboxylic acids is 3.